The van der Waals surface area contributed by atoms with E-state index in [9.17, 15) is 9.90 Å². The predicted octanol–water partition coefficient (Wildman–Crippen LogP) is 1.29. The second-order valence-corrected chi connectivity index (χ2v) is 3.59. The summed E-state index contributed by atoms with van der Waals surface area (Å²) in [5.74, 6) is -1.74. The zero-order chi connectivity index (χ0) is 9.84. The summed E-state index contributed by atoms with van der Waals surface area (Å²) in [7, 11) is 0. The Hall–Kier alpha value is -0.940. The van der Waals surface area contributed by atoms with Crippen molar-refractivity contribution in [2.45, 2.75) is 19.4 Å². The largest absolute Gasteiger partial charge is 0.481 e. The number of aliphatic carboxylic acids is 1. The number of aliphatic hydroxyl groups is 1. The highest BCUT2D eigenvalue weighted by molar-refractivity contribution is 7.09. The first-order valence-electron chi connectivity index (χ1n) is 3.97. The molecule has 2 unspecified atom stereocenters. The highest BCUT2D eigenvalue weighted by Crippen LogP contribution is 2.25. The number of rotatable bonds is 4. The van der Waals surface area contributed by atoms with Gasteiger partial charge >= 0.3 is 5.97 Å². The molecule has 0 spiro atoms. The van der Waals surface area contributed by atoms with Gasteiger partial charge in [-0.3, -0.25) is 4.79 Å². The van der Waals surface area contributed by atoms with Crippen LogP contribution in [0.4, 0.5) is 0 Å². The summed E-state index contributed by atoms with van der Waals surface area (Å²) in [4.78, 5) is 14.6. The molecule has 0 aliphatic carbocycles. The van der Waals surface area contributed by atoms with E-state index >= 15 is 0 Å². The average molecular weight is 201 g/mol. The molecule has 0 saturated carbocycles. The number of hydrogen-bond donors (Lipinski definition) is 2. The number of carboxylic acids is 1. The molecule has 0 radical (unpaired) electrons. The lowest BCUT2D eigenvalue weighted by atomic mass is 10.0. The van der Waals surface area contributed by atoms with E-state index in [0.717, 1.165) is 0 Å². The first-order valence-corrected chi connectivity index (χ1v) is 4.85. The summed E-state index contributed by atoms with van der Waals surface area (Å²) in [6.45, 7) is 1.73. The van der Waals surface area contributed by atoms with Crippen molar-refractivity contribution >= 4 is 17.3 Å². The molecular weight excluding hydrogens is 190 g/mol. The van der Waals surface area contributed by atoms with Gasteiger partial charge in [-0.1, -0.05) is 6.92 Å². The molecule has 0 aromatic carbocycles. The maximum Gasteiger partial charge on any atom is 0.309 e. The predicted molar refractivity (Wildman–Crippen MR) is 48.5 cm³/mol. The lowest BCUT2D eigenvalue weighted by Crippen LogP contribution is -2.20. The summed E-state index contributed by atoms with van der Waals surface area (Å²) in [5.41, 5.74) is 0. The number of carboxylic acid groups (broad SMARTS) is 1. The van der Waals surface area contributed by atoms with E-state index in [4.69, 9.17) is 5.11 Å². The van der Waals surface area contributed by atoms with Crippen molar-refractivity contribution in [2.24, 2.45) is 5.92 Å². The number of aromatic nitrogens is 1. The van der Waals surface area contributed by atoms with Crippen molar-refractivity contribution in [1.82, 2.24) is 4.98 Å². The summed E-state index contributed by atoms with van der Waals surface area (Å²) < 4.78 is 0. The Balaban J connectivity index is 2.76. The van der Waals surface area contributed by atoms with Gasteiger partial charge in [0.25, 0.3) is 0 Å². The van der Waals surface area contributed by atoms with E-state index in [-0.39, 0.29) is 0 Å². The summed E-state index contributed by atoms with van der Waals surface area (Å²) in [6, 6.07) is 0. The van der Waals surface area contributed by atoms with Gasteiger partial charge in [0.2, 0.25) is 0 Å². The van der Waals surface area contributed by atoms with Crippen LogP contribution in [-0.2, 0) is 4.79 Å². The van der Waals surface area contributed by atoms with Crippen LogP contribution in [-0.4, -0.2) is 21.2 Å². The fraction of sp³-hybridized carbons (Fsp3) is 0.500. The first-order chi connectivity index (χ1) is 6.16. The Morgan fingerprint density at radius 2 is 2.46 bits per heavy atom. The Morgan fingerprint density at radius 3 is 2.85 bits per heavy atom. The van der Waals surface area contributed by atoms with Crippen molar-refractivity contribution in [3.05, 3.63) is 16.6 Å². The number of nitrogens with zero attached hydrogens (tertiary/aromatic N) is 1. The zero-order valence-electron chi connectivity index (χ0n) is 7.17. The molecule has 0 aliphatic heterocycles. The molecule has 1 rings (SSSR count). The van der Waals surface area contributed by atoms with Gasteiger partial charge in [-0.2, -0.15) is 0 Å². The molecule has 72 valence electrons. The van der Waals surface area contributed by atoms with Gasteiger partial charge in [0.05, 0.1) is 5.92 Å². The van der Waals surface area contributed by atoms with Gasteiger partial charge in [-0.25, -0.2) is 4.98 Å². The van der Waals surface area contributed by atoms with Gasteiger partial charge in [-0.05, 0) is 6.42 Å². The summed E-state index contributed by atoms with van der Waals surface area (Å²) in [6.07, 6.45) is 0.968. The van der Waals surface area contributed by atoms with Crippen molar-refractivity contribution in [2.75, 3.05) is 0 Å². The van der Waals surface area contributed by atoms with E-state index < -0.39 is 18.0 Å². The number of thiazole rings is 1. The normalized spacial score (nSPS) is 15.2. The number of hydrogen-bond acceptors (Lipinski definition) is 4. The second kappa shape index (κ2) is 4.34. The fourth-order valence-corrected chi connectivity index (χ4v) is 1.77. The molecule has 5 heteroatoms. The number of carbonyl (C=O) groups is 1. The van der Waals surface area contributed by atoms with Crippen LogP contribution in [0.15, 0.2) is 11.6 Å². The summed E-state index contributed by atoms with van der Waals surface area (Å²) >= 11 is 1.27. The Labute approximate surface area is 79.9 Å². The van der Waals surface area contributed by atoms with Gasteiger partial charge in [0.15, 0.2) is 0 Å². The van der Waals surface area contributed by atoms with Gasteiger partial charge in [-0.15, -0.1) is 11.3 Å². The minimum absolute atomic E-state index is 0.399. The Bertz CT molecular complexity index is 273. The molecule has 4 nitrogen and oxygen atoms in total. The third kappa shape index (κ3) is 2.26. The molecule has 2 N–H and O–H groups in total. The van der Waals surface area contributed by atoms with Crippen LogP contribution in [0, 0.1) is 5.92 Å². The molecule has 1 aromatic rings. The molecule has 1 aromatic heterocycles. The van der Waals surface area contributed by atoms with Crippen LogP contribution in [0.5, 0.6) is 0 Å². The van der Waals surface area contributed by atoms with E-state index in [1.54, 1.807) is 18.5 Å². The molecule has 2 atom stereocenters. The maximum atomic E-state index is 10.7. The SMILES string of the molecule is CCC(C(=O)O)C(O)c1nccs1. The maximum absolute atomic E-state index is 10.7. The highest BCUT2D eigenvalue weighted by Gasteiger charge is 2.27. The number of aliphatic hydroxyl groups excluding tert-OH is 1. The van der Waals surface area contributed by atoms with Crippen molar-refractivity contribution in [1.29, 1.82) is 0 Å². The standard InChI is InChI=1S/C8H11NO3S/c1-2-5(8(11)12)6(10)7-9-3-4-13-7/h3-6,10H,2H2,1H3,(H,11,12). The molecule has 0 bridgehead atoms. The minimum Gasteiger partial charge on any atom is -0.481 e. The fourth-order valence-electron chi connectivity index (χ4n) is 1.09. The Kier molecular flexibility index (Phi) is 3.39. The molecule has 13 heavy (non-hydrogen) atoms. The molecule has 0 amide bonds. The van der Waals surface area contributed by atoms with E-state index in [1.807, 2.05) is 0 Å². The van der Waals surface area contributed by atoms with E-state index in [2.05, 4.69) is 4.98 Å². The third-order valence-corrected chi connectivity index (χ3v) is 2.69. The quantitative estimate of drug-likeness (QED) is 0.770. The van der Waals surface area contributed by atoms with Crippen LogP contribution in [0.2, 0.25) is 0 Å². The minimum atomic E-state index is -0.984. The highest BCUT2D eigenvalue weighted by atomic mass is 32.1. The van der Waals surface area contributed by atoms with Crippen molar-refractivity contribution in [3.8, 4) is 0 Å². The lowest BCUT2D eigenvalue weighted by molar-refractivity contribution is -0.146. The van der Waals surface area contributed by atoms with Crippen LogP contribution in [0.25, 0.3) is 0 Å². The zero-order valence-corrected chi connectivity index (χ0v) is 7.99. The van der Waals surface area contributed by atoms with Crippen LogP contribution in [0.1, 0.15) is 24.5 Å². The molecule has 0 saturated heterocycles. The van der Waals surface area contributed by atoms with Crippen LogP contribution in [0.3, 0.4) is 0 Å². The second-order valence-electron chi connectivity index (χ2n) is 2.67. The van der Waals surface area contributed by atoms with Crippen molar-refractivity contribution < 1.29 is 15.0 Å². The van der Waals surface area contributed by atoms with Gasteiger partial charge < -0.3 is 10.2 Å². The molecular formula is C8H11NO3S. The van der Waals surface area contributed by atoms with Gasteiger partial charge in [0.1, 0.15) is 11.1 Å². The monoisotopic (exact) mass is 201 g/mol. The van der Waals surface area contributed by atoms with Crippen LogP contribution >= 0.6 is 11.3 Å². The molecule has 0 aliphatic rings. The lowest BCUT2D eigenvalue weighted by Gasteiger charge is -2.14. The van der Waals surface area contributed by atoms with Crippen molar-refractivity contribution in [3.63, 3.8) is 0 Å². The van der Waals surface area contributed by atoms with E-state index in [1.165, 1.54) is 11.3 Å². The van der Waals surface area contributed by atoms with E-state index in [0.29, 0.717) is 11.4 Å². The third-order valence-electron chi connectivity index (χ3n) is 1.84. The van der Waals surface area contributed by atoms with Gasteiger partial charge in [0, 0.05) is 11.6 Å². The van der Waals surface area contributed by atoms with Crippen LogP contribution < -0.4 is 0 Å². The topological polar surface area (TPSA) is 70.4 Å². The Morgan fingerprint density at radius 1 is 1.77 bits per heavy atom. The summed E-state index contributed by atoms with van der Waals surface area (Å²) in [5, 5.41) is 20.5. The smallest absolute Gasteiger partial charge is 0.309 e. The first kappa shape index (κ1) is 10.1. The molecule has 1 heterocycles. The average Bonchev–Trinajstić information content (AvgIpc) is 2.56. The molecule has 0 fully saturated rings.